The number of rotatable bonds is 4. The Balaban J connectivity index is 1.91. The second-order valence-corrected chi connectivity index (χ2v) is 5.78. The zero-order valence-corrected chi connectivity index (χ0v) is 12.6. The number of anilines is 1. The summed E-state index contributed by atoms with van der Waals surface area (Å²) in [7, 11) is 0. The van der Waals surface area contributed by atoms with Crippen LogP contribution in [0.5, 0.6) is 0 Å². The second-order valence-electron chi connectivity index (χ2n) is 4.47. The number of imidazole rings is 1. The third kappa shape index (κ3) is 2.57. The van der Waals surface area contributed by atoms with Crippen molar-refractivity contribution < 1.29 is 4.92 Å². The topological polar surface area (TPSA) is 72.5 Å². The summed E-state index contributed by atoms with van der Waals surface area (Å²) in [6.45, 7) is 2.36. The minimum Gasteiger partial charge on any atom is -0.374 e. The summed E-state index contributed by atoms with van der Waals surface area (Å²) < 4.78 is 1.98. The fraction of sp³-hybridized carbons (Fsp3) is 0.154. The maximum atomic E-state index is 11.0. The lowest BCUT2D eigenvalue weighted by molar-refractivity contribution is -0.384. The van der Waals surface area contributed by atoms with Gasteiger partial charge in [0.25, 0.3) is 5.69 Å². The third-order valence-electron chi connectivity index (χ3n) is 3.16. The number of nitrogens with one attached hydrogen (secondary N) is 1. The molecule has 0 fully saturated rings. The average molecular weight is 323 g/mol. The van der Waals surface area contributed by atoms with Crippen molar-refractivity contribution in [1.82, 2.24) is 9.38 Å². The van der Waals surface area contributed by atoms with E-state index in [9.17, 15) is 10.1 Å². The van der Waals surface area contributed by atoms with Crippen LogP contribution in [0.4, 0.5) is 11.4 Å². The van der Waals surface area contributed by atoms with Gasteiger partial charge in [0.2, 0.25) is 0 Å². The lowest BCUT2D eigenvalue weighted by Gasteiger charge is -2.07. The van der Waals surface area contributed by atoms with Crippen molar-refractivity contribution in [3.8, 4) is 0 Å². The maximum Gasteiger partial charge on any atom is 0.292 e. The van der Waals surface area contributed by atoms with E-state index >= 15 is 0 Å². The van der Waals surface area contributed by atoms with Gasteiger partial charge in [0, 0.05) is 22.7 Å². The van der Waals surface area contributed by atoms with Crippen molar-refractivity contribution in [2.75, 3.05) is 5.32 Å². The lowest BCUT2D eigenvalue weighted by atomic mass is 10.2. The highest BCUT2D eigenvalue weighted by molar-refractivity contribution is 7.15. The number of aromatic nitrogens is 2. The monoisotopic (exact) mass is 322 g/mol. The van der Waals surface area contributed by atoms with Crippen molar-refractivity contribution in [2.24, 2.45) is 0 Å². The fourth-order valence-corrected chi connectivity index (χ4v) is 3.09. The van der Waals surface area contributed by atoms with E-state index in [0.717, 1.165) is 16.3 Å². The highest BCUT2D eigenvalue weighted by atomic mass is 35.5. The van der Waals surface area contributed by atoms with Crippen LogP contribution in [0.25, 0.3) is 4.96 Å². The number of halogens is 1. The number of nitro groups is 1. The van der Waals surface area contributed by atoms with Crippen LogP contribution in [-0.2, 0) is 6.54 Å². The van der Waals surface area contributed by atoms with Crippen molar-refractivity contribution >= 4 is 39.3 Å². The summed E-state index contributed by atoms with van der Waals surface area (Å²) in [5.74, 6) is 0. The largest absolute Gasteiger partial charge is 0.374 e. The molecule has 2 aromatic heterocycles. The molecule has 108 valence electrons. The molecule has 0 aliphatic rings. The highest BCUT2D eigenvalue weighted by Gasteiger charge is 2.15. The molecule has 0 atom stereocenters. The first-order valence-electron chi connectivity index (χ1n) is 6.15. The Hall–Kier alpha value is -2.12. The molecule has 0 bridgehead atoms. The van der Waals surface area contributed by atoms with Crippen LogP contribution in [0.15, 0.2) is 29.8 Å². The van der Waals surface area contributed by atoms with Crippen molar-refractivity contribution in [3.63, 3.8) is 0 Å². The number of hydrogen-bond acceptors (Lipinski definition) is 5. The number of thiazole rings is 1. The second kappa shape index (κ2) is 5.34. The minimum absolute atomic E-state index is 0.00290. The molecule has 6 nitrogen and oxygen atoms in total. The smallest absolute Gasteiger partial charge is 0.292 e. The Morgan fingerprint density at radius 3 is 3.10 bits per heavy atom. The Bertz CT molecular complexity index is 827. The molecular weight excluding hydrogens is 312 g/mol. The summed E-state index contributed by atoms with van der Waals surface area (Å²) in [4.78, 5) is 16.0. The predicted octanol–water partition coefficient (Wildman–Crippen LogP) is 3.88. The molecule has 2 heterocycles. The van der Waals surface area contributed by atoms with Gasteiger partial charge < -0.3 is 5.32 Å². The van der Waals surface area contributed by atoms with Gasteiger partial charge in [0.05, 0.1) is 22.9 Å². The van der Waals surface area contributed by atoms with Crippen LogP contribution in [0, 0.1) is 17.0 Å². The van der Waals surface area contributed by atoms with Crippen LogP contribution in [0.1, 0.15) is 11.4 Å². The summed E-state index contributed by atoms with van der Waals surface area (Å²) >= 11 is 7.46. The molecule has 0 amide bonds. The molecule has 1 N–H and O–H groups in total. The maximum absolute atomic E-state index is 11.0. The molecule has 0 aliphatic heterocycles. The summed E-state index contributed by atoms with van der Waals surface area (Å²) in [5.41, 5.74) is 2.28. The number of aryl methyl sites for hydroxylation is 1. The van der Waals surface area contributed by atoms with Gasteiger partial charge in [-0.1, -0.05) is 11.6 Å². The van der Waals surface area contributed by atoms with Crippen LogP contribution >= 0.6 is 22.9 Å². The zero-order valence-electron chi connectivity index (χ0n) is 11.0. The minimum atomic E-state index is -0.428. The van der Waals surface area contributed by atoms with E-state index in [2.05, 4.69) is 10.3 Å². The number of benzene rings is 1. The van der Waals surface area contributed by atoms with Crippen LogP contribution in [-0.4, -0.2) is 14.3 Å². The van der Waals surface area contributed by atoms with Gasteiger partial charge in [-0.25, -0.2) is 4.98 Å². The lowest BCUT2D eigenvalue weighted by Crippen LogP contribution is -2.05. The van der Waals surface area contributed by atoms with E-state index in [1.54, 1.807) is 17.4 Å². The van der Waals surface area contributed by atoms with Gasteiger partial charge in [-0.3, -0.25) is 14.5 Å². The quantitative estimate of drug-likeness (QED) is 0.584. The molecule has 0 aliphatic carbocycles. The molecule has 3 rings (SSSR count). The molecule has 3 aromatic rings. The van der Waals surface area contributed by atoms with Gasteiger partial charge in [-0.2, -0.15) is 0 Å². The Labute approximate surface area is 129 Å². The molecule has 0 saturated carbocycles. The van der Waals surface area contributed by atoms with Gasteiger partial charge in [0.1, 0.15) is 5.69 Å². The van der Waals surface area contributed by atoms with E-state index < -0.39 is 4.92 Å². The number of hydrogen-bond donors (Lipinski definition) is 1. The number of nitrogens with zero attached hydrogens (tertiary/aromatic N) is 3. The van der Waals surface area contributed by atoms with Gasteiger partial charge >= 0.3 is 0 Å². The number of fused-ring (bicyclic) bond motifs is 1. The SMILES string of the molecule is Cc1nc2sccn2c1CNc1cc(Cl)ccc1[N+](=O)[O-]. The summed E-state index contributed by atoms with van der Waals surface area (Å²) in [6, 6.07) is 4.46. The Morgan fingerprint density at radius 2 is 2.33 bits per heavy atom. The number of nitro benzene ring substituents is 1. The van der Waals surface area contributed by atoms with E-state index in [-0.39, 0.29) is 5.69 Å². The molecule has 0 spiro atoms. The standard InChI is InChI=1S/C13H11ClN4O2S/c1-8-12(17-4-5-21-13(17)16-8)7-15-10-6-9(14)2-3-11(10)18(19)20/h2-6,15H,7H2,1H3. The Morgan fingerprint density at radius 1 is 1.52 bits per heavy atom. The molecule has 0 saturated heterocycles. The molecular formula is C13H11ClN4O2S. The van der Waals surface area contributed by atoms with Crippen LogP contribution in [0.2, 0.25) is 5.02 Å². The third-order valence-corrected chi connectivity index (χ3v) is 4.15. The summed E-state index contributed by atoms with van der Waals surface area (Å²) in [6.07, 6.45) is 1.93. The molecule has 21 heavy (non-hydrogen) atoms. The Kier molecular flexibility index (Phi) is 3.52. The fourth-order valence-electron chi connectivity index (χ4n) is 2.14. The van der Waals surface area contributed by atoms with Crippen LogP contribution in [0.3, 0.4) is 0 Å². The van der Waals surface area contributed by atoms with E-state index in [1.165, 1.54) is 12.1 Å². The van der Waals surface area contributed by atoms with Crippen LogP contribution < -0.4 is 5.32 Å². The predicted molar refractivity (Wildman–Crippen MR) is 83.2 cm³/mol. The van der Waals surface area contributed by atoms with Crippen molar-refractivity contribution in [3.05, 3.63) is 56.3 Å². The molecule has 1 aromatic carbocycles. The van der Waals surface area contributed by atoms with Gasteiger partial charge in [-0.15, -0.1) is 11.3 Å². The van der Waals surface area contributed by atoms with Gasteiger partial charge in [0.15, 0.2) is 4.96 Å². The first-order valence-corrected chi connectivity index (χ1v) is 7.41. The molecule has 8 heteroatoms. The van der Waals surface area contributed by atoms with E-state index in [4.69, 9.17) is 11.6 Å². The van der Waals surface area contributed by atoms with E-state index in [1.807, 2.05) is 22.9 Å². The van der Waals surface area contributed by atoms with Gasteiger partial charge in [-0.05, 0) is 19.1 Å². The van der Waals surface area contributed by atoms with Crippen molar-refractivity contribution in [2.45, 2.75) is 13.5 Å². The normalized spacial score (nSPS) is 11.0. The average Bonchev–Trinajstić information content (AvgIpc) is 2.97. The van der Waals surface area contributed by atoms with E-state index in [0.29, 0.717) is 17.3 Å². The molecule has 0 radical (unpaired) electrons. The molecule has 0 unspecified atom stereocenters. The highest BCUT2D eigenvalue weighted by Crippen LogP contribution is 2.28. The zero-order chi connectivity index (χ0) is 15.0. The van der Waals surface area contributed by atoms with Crippen molar-refractivity contribution in [1.29, 1.82) is 0 Å². The summed E-state index contributed by atoms with van der Waals surface area (Å²) in [5, 5.41) is 16.5. The first kappa shape index (κ1) is 13.8. The first-order chi connectivity index (χ1) is 10.1.